The third kappa shape index (κ3) is 5.09. The van der Waals surface area contributed by atoms with Crippen LogP contribution < -0.4 is 15.0 Å². The number of ether oxygens (including phenoxy) is 1. The Morgan fingerprint density at radius 1 is 0.938 bits per heavy atom. The van der Waals surface area contributed by atoms with Crippen molar-refractivity contribution in [3.05, 3.63) is 24.3 Å². The molecule has 4 aliphatic rings. The average molecular weight is 441 g/mol. The van der Waals surface area contributed by atoms with E-state index in [0.29, 0.717) is 25.1 Å². The number of para-hydroxylation sites is 2. The number of amides is 2. The number of piperazine rings is 1. The quantitative estimate of drug-likeness (QED) is 0.595. The second-order valence-corrected chi connectivity index (χ2v) is 9.76. The van der Waals surface area contributed by atoms with E-state index in [1.54, 1.807) is 0 Å². The first-order chi connectivity index (χ1) is 15.7. The number of benzene rings is 1. The molecule has 2 saturated heterocycles. The molecule has 7 heteroatoms. The van der Waals surface area contributed by atoms with Gasteiger partial charge in [0.2, 0.25) is 11.8 Å². The van der Waals surface area contributed by atoms with Gasteiger partial charge in [-0.05, 0) is 63.6 Å². The Bertz CT molecular complexity index is 813. The molecule has 5 rings (SSSR count). The maximum atomic E-state index is 12.5. The van der Waals surface area contributed by atoms with Gasteiger partial charge in [0.25, 0.3) is 0 Å². The summed E-state index contributed by atoms with van der Waals surface area (Å²) in [5.74, 6) is 0.982. The Hall–Kier alpha value is -2.12. The number of likely N-dealkylation sites (tertiary alicyclic amines) is 1. The predicted molar refractivity (Wildman–Crippen MR) is 124 cm³/mol. The van der Waals surface area contributed by atoms with E-state index in [9.17, 15) is 9.59 Å². The third-order valence-corrected chi connectivity index (χ3v) is 7.29. The Balaban J connectivity index is 1.07. The number of hydrogen-bond donors (Lipinski definition) is 1. The highest BCUT2D eigenvalue weighted by Crippen LogP contribution is 2.32. The van der Waals surface area contributed by atoms with Gasteiger partial charge in [0.05, 0.1) is 24.3 Å². The van der Waals surface area contributed by atoms with Gasteiger partial charge in [-0.1, -0.05) is 12.1 Å². The Morgan fingerprint density at radius 3 is 2.44 bits per heavy atom. The third-order valence-electron chi connectivity index (χ3n) is 7.29. The summed E-state index contributed by atoms with van der Waals surface area (Å²) < 4.78 is 6.34. The molecule has 0 bridgehead atoms. The van der Waals surface area contributed by atoms with E-state index in [4.69, 9.17) is 4.74 Å². The Kier molecular flexibility index (Phi) is 6.64. The molecule has 2 aliphatic heterocycles. The van der Waals surface area contributed by atoms with Crippen LogP contribution in [-0.2, 0) is 9.59 Å². The highest BCUT2D eigenvalue weighted by Gasteiger charge is 2.40. The van der Waals surface area contributed by atoms with Crippen LogP contribution in [0.3, 0.4) is 0 Å². The van der Waals surface area contributed by atoms with Crippen molar-refractivity contribution in [2.45, 2.75) is 69.6 Å². The van der Waals surface area contributed by atoms with Crippen molar-refractivity contribution in [3.63, 3.8) is 0 Å². The zero-order valence-electron chi connectivity index (χ0n) is 19.0. The van der Waals surface area contributed by atoms with Crippen LogP contribution in [0.5, 0.6) is 5.75 Å². The molecule has 32 heavy (non-hydrogen) atoms. The van der Waals surface area contributed by atoms with E-state index in [-0.39, 0.29) is 17.9 Å². The lowest BCUT2D eigenvalue weighted by Crippen LogP contribution is -2.47. The van der Waals surface area contributed by atoms with Gasteiger partial charge in [0.1, 0.15) is 5.75 Å². The van der Waals surface area contributed by atoms with E-state index in [1.807, 2.05) is 0 Å². The lowest BCUT2D eigenvalue weighted by atomic mass is 10.2. The average Bonchev–Trinajstić information content (AvgIpc) is 3.40. The summed E-state index contributed by atoms with van der Waals surface area (Å²) in [5.41, 5.74) is 1.21. The zero-order valence-corrected chi connectivity index (χ0v) is 19.0. The van der Waals surface area contributed by atoms with Crippen molar-refractivity contribution in [1.29, 1.82) is 0 Å². The van der Waals surface area contributed by atoms with E-state index >= 15 is 0 Å². The summed E-state index contributed by atoms with van der Waals surface area (Å²) in [7, 11) is 0. The van der Waals surface area contributed by atoms with Gasteiger partial charge in [-0.15, -0.1) is 0 Å². The number of hydrogen-bond acceptors (Lipinski definition) is 6. The van der Waals surface area contributed by atoms with Crippen LogP contribution in [0.1, 0.15) is 51.4 Å². The monoisotopic (exact) mass is 440 g/mol. The molecule has 0 radical (unpaired) electrons. The molecule has 2 heterocycles. The van der Waals surface area contributed by atoms with Crippen molar-refractivity contribution in [2.75, 3.05) is 44.2 Å². The minimum absolute atomic E-state index is 0.0168. The highest BCUT2D eigenvalue weighted by atomic mass is 16.5. The molecule has 1 unspecified atom stereocenters. The Morgan fingerprint density at radius 2 is 1.69 bits per heavy atom. The fourth-order valence-corrected chi connectivity index (χ4v) is 5.25. The lowest BCUT2D eigenvalue weighted by Gasteiger charge is -2.37. The standard InChI is InChI=1S/C25H36N4O3/c30-24-18-21(26-19-10-11-19)25(31)29(24)13-5-12-27-14-16-28(17-15-27)22-8-3-4-9-23(22)32-20-6-1-2-7-20/h3-4,8-9,19-21,26H,1-2,5-7,10-18H2. The van der Waals surface area contributed by atoms with Crippen molar-refractivity contribution < 1.29 is 14.3 Å². The van der Waals surface area contributed by atoms with E-state index < -0.39 is 0 Å². The van der Waals surface area contributed by atoms with Gasteiger partial charge in [-0.2, -0.15) is 0 Å². The van der Waals surface area contributed by atoms with Crippen LogP contribution in [0.2, 0.25) is 0 Å². The molecule has 2 saturated carbocycles. The van der Waals surface area contributed by atoms with Crippen LogP contribution in [0.4, 0.5) is 5.69 Å². The fourth-order valence-electron chi connectivity index (χ4n) is 5.25. The first-order valence-corrected chi connectivity index (χ1v) is 12.5. The smallest absolute Gasteiger partial charge is 0.246 e. The maximum absolute atomic E-state index is 12.5. The molecule has 2 aliphatic carbocycles. The molecule has 0 aromatic heterocycles. The van der Waals surface area contributed by atoms with Crippen LogP contribution in [0.25, 0.3) is 0 Å². The summed E-state index contributed by atoms with van der Waals surface area (Å²) in [4.78, 5) is 31.2. The molecule has 4 fully saturated rings. The predicted octanol–water partition coefficient (Wildman–Crippen LogP) is 2.40. The van der Waals surface area contributed by atoms with Gasteiger partial charge in [0, 0.05) is 38.8 Å². The number of carbonyl (C=O) groups excluding carboxylic acids is 2. The number of carbonyl (C=O) groups is 2. The lowest BCUT2D eigenvalue weighted by molar-refractivity contribution is -0.138. The van der Waals surface area contributed by atoms with E-state index in [2.05, 4.69) is 39.4 Å². The van der Waals surface area contributed by atoms with Crippen LogP contribution in [0.15, 0.2) is 24.3 Å². The minimum atomic E-state index is -0.287. The van der Waals surface area contributed by atoms with E-state index in [1.165, 1.54) is 36.3 Å². The topological polar surface area (TPSA) is 65.1 Å². The maximum Gasteiger partial charge on any atom is 0.246 e. The zero-order chi connectivity index (χ0) is 21.9. The first-order valence-electron chi connectivity index (χ1n) is 12.5. The highest BCUT2D eigenvalue weighted by molar-refractivity contribution is 6.05. The molecule has 174 valence electrons. The molecule has 1 atom stereocenters. The molecule has 1 N–H and O–H groups in total. The molecular formula is C25H36N4O3. The summed E-state index contributed by atoms with van der Waals surface area (Å²) in [6.07, 6.45) is 8.68. The van der Waals surface area contributed by atoms with Crippen molar-refractivity contribution in [3.8, 4) is 5.75 Å². The number of rotatable bonds is 9. The largest absolute Gasteiger partial charge is 0.488 e. The van der Waals surface area contributed by atoms with Crippen LogP contribution in [-0.4, -0.2) is 79.1 Å². The Labute approximate surface area is 191 Å². The second-order valence-electron chi connectivity index (χ2n) is 9.76. The van der Waals surface area contributed by atoms with Gasteiger partial charge in [-0.3, -0.25) is 19.4 Å². The molecule has 1 aromatic rings. The molecule has 1 aromatic carbocycles. The molecule has 7 nitrogen and oxygen atoms in total. The first kappa shape index (κ1) is 21.7. The SMILES string of the molecule is O=C1CC(NC2CC2)C(=O)N1CCCN1CCN(c2ccccc2OC2CCCC2)CC1. The fraction of sp³-hybridized carbons (Fsp3) is 0.680. The summed E-state index contributed by atoms with van der Waals surface area (Å²) in [6.45, 7) is 5.39. The summed E-state index contributed by atoms with van der Waals surface area (Å²) in [6, 6.07) is 8.60. The van der Waals surface area contributed by atoms with Gasteiger partial charge >= 0.3 is 0 Å². The molecule has 2 amide bonds. The molecule has 0 spiro atoms. The summed E-state index contributed by atoms with van der Waals surface area (Å²) in [5, 5.41) is 3.31. The second kappa shape index (κ2) is 9.79. The number of nitrogens with one attached hydrogen (secondary N) is 1. The summed E-state index contributed by atoms with van der Waals surface area (Å²) >= 11 is 0. The van der Waals surface area contributed by atoms with Crippen molar-refractivity contribution >= 4 is 17.5 Å². The van der Waals surface area contributed by atoms with Crippen LogP contribution in [0, 0.1) is 0 Å². The normalized spacial score (nSPS) is 25.2. The number of anilines is 1. The minimum Gasteiger partial charge on any atom is -0.488 e. The van der Waals surface area contributed by atoms with Crippen LogP contribution >= 0.6 is 0 Å². The van der Waals surface area contributed by atoms with Gasteiger partial charge in [-0.25, -0.2) is 0 Å². The van der Waals surface area contributed by atoms with Crippen molar-refractivity contribution in [1.82, 2.24) is 15.1 Å². The van der Waals surface area contributed by atoms with Gasteiger partial charge < -0.3 is 15.0 Å². The van der Waals surface area contributed by atoms with Gasteiger partial charge in [0.15, 0.2) is 0 Å². The van der Waals surface area contributed by atoms with Crippen molar-refractivity contribution in [2.24, 2.45) is 0 Å². The molecular weight excluding hydrogens is 404 g/mol. The number of nitrogens with zero attached hydrogens (tertiary/aromatic N) is 3. The number of imide groups is 1. The van der Waals surface area contributed by atoms with E-state index in [0.717, 1.165) is 57.7 Å².